The summed E-state index contributed by atoms with van der Waals surface area (Å²) in [7, 11) is 0. The van der Waals surface area contributed by atoms with Crippen LogP contribution >= 0.6 is 11.8 Å². The van der Waals surface area contributed by atoms with Gasteiger partial charge in [-0.05, 0) is 24.3 Å². The summed E-state index contributed by atoms with van der Waals surface area (Å²) in [4.78, 5) is 33.9. The molecular weight excluding hydrogens is 382 g/mol. The van der Waals surface area contributed by atoms with Crippen LogP contribution in [0.4, 0.5) is 5.82 Å². The van der Waals surface area contributed by atoms with Crippen LogP contribution in [0.15, 0.2) is 58.1 Å². The molecule has 0 fully saturated rings. The first-order valence-corrected chi connectivity index (χ1v) is 10.8. The highest BCUT2D eigenvalue weighted by atomic mass is 32.2. The first kappa shape index (κ1) is 19.7. The third-order valence-corrected chi connectivity index (χ3v) is 6.28. The third-order valence-electron chi connectivity index (χ3n) is 5.41. The SMILES string of the molecule is C=CCSc1nc2c(c(=O)[nH]1)[C@H](c1cccc(C)c1)C1=C(CC(C)(C)CC1=O)N2. The second kappa shape index (κ2) is 7.34. The van der Waals surface area contributed by atoms with Crippen LogP contribution in [-0.4, -0.2) is 21.5 Å². The fourth-order valence-corrected chi connectivity index (χ4v) is 4.88. The number of rotatable bonds is 4. The molecule has 1 aromatic heterocycles. The van der Waals surface area contributed by atoms with Crippen LogP contribution in [0.2, 0.25) is 0 Å². The number of anilines is 1. The van der Waals surface area contributed by atoms with Crippen LogP contribution in [0.1, 0.15) is 49.3 Å². The van der Waals surface area contributed by atoms with Crippen molar-refractivity contribution < 1.29 is 4.79 Å². The zero-order valence-electron chi connectivity index (χ0n) is 17.0. The van der Waals surface area contributed by atoms with Gasteiger partial charge < -0.3 is 10.3 Å². The molecule has 2 aromatic rings. The van der Waals surface area contributed by atoms with Crippen molar-refractivity contribution in [2.24, 2.45) is 5.41 Å². The molecule has 0 bridgehead atoms. The van der Waals surface area contributed by atoms with Crippen molar-refractivity contribution in [1.29, 1.82) is 0 Å². The standard InChI is InChI=1S/C23H25N3O2S/c1-5-9-29-22-25-20-19(21(28)26-22)17(14-8-6-7-13(2)10-14)18-15(24-20)11-23(3,4)12-16(18)27/h5-8,10,17H,1,9,11-12H2,2-4H3,(H2,24,25,26,28)/t17-/m1/s1. The normalized spacial score (nSPS) is 20.0. The monoisotopic (exact) mass is 407 g/mol. The topological polar surface area (TPSA) is 74.8 Å². The van der Waals surface area contributed by atoms with Crippen LogP contribution in [0.3, 0.4) is 0 Å². The number of nitrogens with one attached hydrogen (secondary N) is 2. The summed E-state index contributed by atoms with van der Waals surface area (Å²) in [6.45, 7) is 9.94. The Kier molecular flexibility index (Phi) is 4.99. The average Bonchev–Trinajstić information content (AvgIpc) is 2.63. The van der Waals surface area contributed by atoms with Gasteiger partial charge in [0.05, 0.1) is 5.56 Å². The van der Waals surface area contributed by atoms with Gasteiger partial charge in [0.25, 0.3) is 5.56 Å². The van der Waals surface area contributed by atoms with Gasteiger partial charge in [-0.15, -0.1) is 6.58 Å². The number of H-pyrrole nitrogens is 1. The van der Waals surface area contributed by atoms with Crippen LogP contribution in [0, 0.1) is 12.3 Å². The van der Waals surface area contributed by atoms with E-state index in [-0.39, 0.29) is 16.8 Å². The summed E-state index contributed by atoms with van der Waals surface area (Å²) >= 11 is 1.43. The predicted molar refractivity (Wildman–Crippen MR) is 117 cm³/mol. The molecule has 1 aliphatic carbocycles. The molecule has 4 rings (SSSR count). The number of nitrogens with zero attached hydrogens (tertiary/aromatic N) is 1. The maximum Gasteiger partial charge on any atom is 0.257 e. The molecule has 2 aliphatic rings. The van der Waals surface area contributed by atoms with Crippen molar-refractivity contribution in [3.63, 3.8) is 0 Å². The molecule has 6 heteroatoms. The Labute approximate surface area is 174 Å². The molecule has 0 unspecified atom stereocenters. The highest BCUT2D eigenvalue weighted by Crippen LogP contribution is 2.47. The molecule has 1 aliphatic heterocycles. The van der Waals surface area contributed by atoms with Gasteiger partial charge in [0.2, 0.25) is 0 Å². The molecular formula is C23H25N3O2S. The molecule has 5 nitrogen and oxygen atoms in total. The second-order valence-corrected chi connectivity index (χ2v) is 9.55. The fraction of sp³-hybridized carbons (Fsp3) is 0.348. The van der Waals surface area contributed by atoms with E-state index in [9.17, 15) is 9.59 Å². The molecule has 0 amide bonds. The zero-order chi connectivity index (χ0) is 20.8. The van der Waals surface area contributed by atoms with Gasteiger partial charge >= 0.3 is 0 Å². The number of hydrogen-bond acceptors (Lipinski definition) is 5. The largest absolute Gasteiger partial charge is 0.343 e. The van der Waals surface area contributed by atoms with E-state index in [0.717, 1.165) is 23.2 Å². The molecule has 1 atom stereocenters. The van der Waals surface area contributed by atoms with E-state index < -0.39 is 5.92 Å². The number of ketones is 1. The van der Waals surface area contributed by atoms with Gasteiger partial charge in [-0.3, -0.25) is 9.59 Å². The van der Waals surface area contributed by atoms with Gasteiger partial charge in [0.1, 0.15) is 5.82 Å². The highest BCUT2D eigenvalue weighted by Gasteiger charge is 2.42. The number of carbonyl (C=O) groups excluding carboxylic acids is 1. The minimum absolute atomic E-state index is 0.102. The summed E-state index contributed by atoms with van der Waals surface area (Å²) in [5.41, 5.74) is 3.83. The number of fused-ring (bicyclic) bond motifs is 1. The number of allylic oxidation sites excluding steroid dienone is 2. The van der Waals surface area contributed by atoms with Gasteiger partial charge in [-0.1, -0.05) is 61.5 Å². The lowest BCUT2D eigenvalue weighted by molar-refractivity contribution is -0.118. The van der Waals surface area contributed by atoms with Crippen molar-refractivity contribution in [2.75, 3.05) is 11.1 Å². The van der Waals surface area contributed by atoms with Gasteiger partial charge in [-0.2, -0.15) is 0 Å². The molecule has 0 saturated heterocycles. The maximum atomic E-state index is 13.2. The summed E-state index contributed by atoms with van der Waals surface area (Å²) in [6.07, 6.45) is 3.00. The van der Waals surface area contributed by atoms with Crippen molar-refractivity contribution in [3.8, 4) is 0 Å². The Morgan fingerprint density at radius 3 is 2.83 bits per heavy atom. The second-order valence-electron chi connectivity index (χ2n) is 8.54. The van der Waals surface area contributed by atoms with Crippen molar-refractivity contribution >= 4 is 23.4 Å². The summed E-state index contributed by atoms with van der Waals surface area (Å²) in [6, 6.07) is 8.03. The maximum absolute atomic E-state index is 13.2. The number of hydrogen-bond donors (Lipinski definition) is 2. The van der Waals surface area contributed by atoms with Gasteiger partial charge in [0.15, 0.2) is 10.9 Å². The van der Waals surface area contributed by atoms with E-state index in [2.05, 4.69) is 41.8 Å². The van der Waals surface area contributed by atoms with Crippen molar-refractivity contribution in [3.05, 3.63) is 75.2 Å². The number of Topliss-reactive ketones (excluding diaryl/α,β-unsaturated/α-hetero) is 1. The third kappa shape index (κ3) is 3.69. The van der Waals surface area contributed by atoms with Crippen molar-refractivity contribution in [1.82, 2.24) is 9.97 Å². The van der Waals surface area contributed by atoms with E-state index in [1.807, 2.05) is 25.1 Å². The van der Waals surface area contributed by atoms with Crippen LogP contribution in [0.25, 0.3) is 0 Å². The Bertz CT molecular complexity index is 1100. The van der Waals surface area contributed by atoms with E-state index >= 15 is 0 Å². The minimum Gasteiger partial charge on any atom is -0.343 e. The number of aromatic nitrogens is 2. The molecule has 150 valence electrons. The first-order valence-electron chi connectivity index (χ1n) is 9.77. The Morgan fingerprint density at radius 2 is 2.10 bits per heavy atom. The Balaban J connectivity index is 1.93. The highest BCUT2D eigenvalue weighted by molar-refractivity contribution is 7.99. The van der Waals surface area contributed by atoms with E-state index in [1.165, 1.54) is 11.8 Å². The lowest BCUT2D eigenvalue weighted by Gasteiger charge is -2.38. The molecule has 0 saturated carbocycles. The zero-order valence-corrected chi connectivity index (χ0v) is 17.8. The molecule has 2 heterocycles. The molecule has 0 radical (unpaired) electrons. The van der Waals surface area contributed by atoms with E-state index in [1.54, 1.807) is 6.08 Å². The lowest BCUT2D eigenvalue weighted by Crippen LogP contribution is -2.37. The Morgan fingerprint density at radius 1 is 1.31 bits per heavy atom. The molecule has 1 aromatic carbocycles. The number of benzene rings is 1. The first-order chi connectivity index (χ1) is 13.8. The average molecular weight is 408 g/mol. The number of aryl methyl sites for hydroxylation is 1. The Hall–Kier alpha value is -2.60. The van der Waals surface area contributed by atoms with Gasteiger partial charge in [0, 0.05) is 29.4 Å². The van der Waals surface area contributed by atoms with Crippen LogP contribution < -0.4 is 10.9 Å². The van der Waals surface area contributed by atoms with Crippen molar-refractivity contribution in [2.45, 2.75) is 44.7 Å². The lowest BCUT2D eigenvalue weighted by atomic mass is 9.69. The summed E-state index contributed by atoms with van der Waals surface area (Å²) in [5.74, 6) is 0.906. The quantitative estimate of drug-likeness (QED) is 0.442. The van der Waals surface area contributed by atoms with Crippen LogP contribution in [-0.2, 0) is 4.79 Å². The number of carbonyl (C=O) groups is 1. The summed E-state index contributed by atoms with van der Waals surface area (Å²) in [5, 5.41) is 3.90. The fourth-order valence-electron chi connectivity index (χ4n) is 4.28. The molecule has 29 heavy (non-hydrogen) atoms. The number of aromatic amines is 1. The summed E-state index contributed by atoms with van der Waals surface area (Å²) < 4.78 is 0. The smallest absolute Gasteiger partial charge is 0.257 e. The van der Waals surface area contributed by atoms with E-state index in [0.29, 0.717) is 34.3 Å². The minimum atomic E-state index is -0.403. The molecule has 0 spiro atoms. The van der Waals surface area contributed by atoms with E-state index in [4.69, 9.17) is 0 Å². The molecule has 2 N–H and O–H groups in total. The van der Waals surface area contributed by atoms with Crippen LogP contribution in [0.5, 0.6) is 0 Å². The predicted octanol–water partition coefficient (Wildman–Crippen LogP) is 4.56. The number of thioether (sulfide) groups is 1. The van der Waals surface area contributed by atoms with Gasteiger partial charge in [-0.25, -0.2) is 4.98 Å².